The van der Waals surface area contributed by atoms with Gasteiger partial charge in [0.05, 0.1) is 11.8 Å². The first-order chi connectivity index (χ1) is 9.80. The highest BCUT2D eigenvalue weighted by Crippen LogP contribution is 2.15. The number of imidazole rings is 1. The fourth-order valence-electron chi connectivity index (χ4n) is 1.82. The van der Waals surface area contributed by atoms with Crippen molar-refractivity contribution in [2.45, 2.75) is 13.5 Å². The molecule has 0 amide bonds. The zero-order chi connectivity index (χ0) is 14.4. The topological polar surface area (TPSA) is 56.0 Å². The monoisotopic (exact) mass is 269 g/mol. The Kier molecular flexibility index (Phi) is 4.44. The Morgan fingerprint density at radius 1 is 1.55 bits per heavy atom. The minimum atomic E-state index is 0.299. The summed E-state index contributed by atoms with van der Waals surface area (Å²) in [7, 11) is 0. The molecule has 5 nitrogen and oxygen atoms in total. The first-order valence-corrected chi connectivity index (χ1v) is 6.11. The number of nitrogens with zero attached hydrogens (tertiary/aromatic N) is 3. The third-order valence-corrected chi connectivity index (χ3v) is 2.81. The summed E-state index contributed by atoms with van der Waals surface area (Å²) in [6, 6.07) is 3.84. The second kappa shape index (κ2) is 6.47. The second-order valence-electron chi connectivity index (χ2n) is 4.02. The van der Waals surface area contributed by atoms with Gasteiger partial charge in [0.1, 0.15) is 18.0 Å². The van der Waals surface area contributed by atoms with Gasteiger partial charge in [0.15, 0.2) is 6.29 Å². The lowest BCUT2D eigenvalue weighted by atomic mass is 10.2. The molecule has 2 heterocycles. The van der Waals surface area contributed by atoms with Crippen LogP contribution in [0.15, 0.2) is 59.3 Å². The highest BCUT2D eigenvalue weighted by Gasteiger charge is 2.07. The van der Waals surface area contributed by atoms with E-state index in [1.807, 2.05) is 28.9 Å². The SMILES string of the molecule is C=N/C=C(OCc1cccn2ccnc12)\C(C=O)=C/C. The maximum atomic E-state index is 11.0. The summed E-state index contributed by atoms with van der Waals surface area (Å²) in [6.07, 6.45) is 9.33. The van der Waals surface area contributed by atoms with Crippen LogP contribution in [0.25, 0.3) is 5.65 Å². The predicted molar refractivity (Wildman–Crippen MR) is 77.4 cm³/mol. The standard InChI is InChI=1S/C15H15N3O2/c1-3-12(10-19)14(9-16-2)20-11-13-5-4-7-18-8-6-17-15(13)18/h3-10H,2,11H2,1H3/b12-3-,14-9+. The second-order valence-corrected chi connectivity index (χ2v) is 4.02. The van der Waals surface area contributed by atoms with Gasteiger partial charge in [0.25, 0.3) is 0 Å². The molecule has 102 valence electrons. The number of aromatic nitrogens is 2. The minimum Gasteiger partial charge on any atom is -0.486 e. The van der Waals surface area contributed by atoms with Gasteiger partial charge in [-0.3, -0.25) is 9.79 Å². The molecule has 0 aliphatic carbocycles. The van der Waals surface area contributed by atoms with Crippen molar-refractivity contribution in [3.05, 3.63) is 59.9 Å². The molecular weight excluding hydrogens is 254 g/mol. The zero-order valence-electron chi connectivity index (χ0n) is 11.2. The summed E-state index contributed by atoms with van der Waals surface area (Å²) < 4.78 is 7.57. The molecule has 0 unspecified atom stereocenters. The van der Waals surface area contributed by atoms with Crippen LogP contribution >= 0.6 is 0 Å². The van der Waals surface area contributed by atoms with Crippen molar-refractivity contribution < 1.29 is 9.53 Å². The molecule has 0 aromatic carbocycles. The molecule has 0 saturated heterocycles. The molecule has 5 heteroatoms. The molecular formula is C15H15N3O2. The van der Waals surface area contributed by atoms with Gasteiger partial charge in [0.2, 0.25) is 0 Å². The summed E-state index contributed by atoms with van der Waals surface area (Å²) in [5.74, 6) is 0.394. The maximum Gasteiger partial charge on any atom is 0.153 e. The number of hydrogen-bond donors (Lipinski definition) is 0. The van der Waals surface area contributed by atoms with Crippen molar-refractivity contribution in [2.75, 3.05) is 0 Å². The molecule has 0 N–H and O–H groups in total. The number of rotatable bonds is 6. The first-order valence-electron chi connectivity index (χ1n) is 6.11. The molecule has 2 rings (SSSR count). The molecule has 0 aliphatic heterocycles. The van der Waals surface area contributed by atoms with E-state index in [1.165, 1.54) is 6.20 Å². The number of aliphatic imine (C=N–C) groups is 1. The fourth-order valence-corrected chi connectivity index (χ4v) is 1.82. The molecule has 0 bridgehead atoms. The number of aldehydes is 1. The number of ether oxygens (including phenoxy) is 1. The van der Waals surface area contributed by atoms with Gasteiger partial charge < -0.3 is 9.14 Å². The van der Waals surface area contributed by atoms with Crippen LogP contribution in [-0.2, 0) is 16.1 Å². The van der Waals surface area contributed by atoms with E-state index >= 15 is 0 Å². The van der Waals surface area contributed by atoms with E-state index in [-0.39, 0.29) is 0 Å². The van der Waals surface area contributed by atoms with Crippen LogP contribution in [0.3, 0.4) is 0 Å². The van der Waals surface area contributed by atoms with Gasteiger partial charge in [-0.15, -0.1) is 0 Å². The van der Waals surface area contributed by atoms with E-state index < -0.39 is 0 Å². The first kappa shape index (κ1) is 13.7. The lowest BCUT2D eigenvalue weighted by Crippen LogP contribution is -2.00. The van der Waals surface area contributed by atoms with Crippen molar-refractivity contribution >= 4 is 18.7 Å². The molecule has 2 aromatic rings. The molecule has 20 heavy (non-hydrogen) atoms. The Hall–Kier alpha value is -2.69. The van der Waals surface area contributed by atoms with Crippen LogP contribution in [0.5, 0.6) is 0 Å². The third kappa shape index (κ3) is 2.83. The normalized spacial score (nSPS) is 12.4. The average Bonchev–Trinajstić information content (AvgIpc) is 2.95. The van der Waals surface area contributed by atoms with Crippen LogP contribution in [0, 0.1) is 0 Å². The van der Waals surface area contributed by atoms with Crippen molar-refractivity contribution in [3.8, 4) is 0 Å². The van der Waals surface area contributed by atoms with Crippen LogP contribution in [0.1, 0.15) is 12.5 Å². The van der Waals surface area contributed by atoms with Crippen LogP contribution in [-0.4, -0.2) is 22.4 Å². The largest absolute Gasteiger partial charge is 0.486 e. The van der Waals surface area contributed by atoms with Crippen molar-refractivity contribution in [2.24, 2.45) is 4.99 Å². The van der Waals surface area contributed by atoms with Gasteiger partial charge in [-0.2, -0.15) is 0 Å². The third-order valence-electron chi connectivity index (χ3n) is 2.81. The van der Waals surface area contributed by atoms with E-state index in [1.54, 1.807) is 19.2 Å². The highest BCUT2D eigenvalue weighted by atomic mass is 16.5. The van der Waals surface area contributed by atoms with E-state index in [2.05, 4.69) is 16.7 Å². The Bertz CT molecular complexity index is 683. The van der Waals surface area contributed by atoms with Crippen molar-refractivity contribution in [1.82, 2.24) is 9.38 Å². The summed E-state index contributed by atoms with van der Waals surface area (Å²) >= 11 is 0. The fraction of sp³-hybridized carbons (Fsp3) is 0.133. The lowest BCUT2D eigenvalue weighted by molar-refractivity contribution is -0.105. The lowest BCUT2D eigenvalue weighted by Gasteiger charge is -2.10. The van der Waals surface area contributed by atoms with Crippen LogP contribution in [0.2, 0.25) is 0 Å². The number of allylic oxidation sites excluding steroid dienone is 2. The average molecular weight is 269 g/mol. The molecule has 0 radical (unpaired) electrons. The molecule has 0 saturated carbocycles. The van der Waals surface area contributed by atoms with Crippen molar-refractivity contribution in [3.63, 3.8) is 0 Å². The Morgan fingerprint density at radius 3 is 3.10 bits per heavy atom. The number of fused-ring (bicyclic) bond motifs is 1. The molecule has 0 aliphatic rings. The van der Waals surface area contributed by atoms with Gasteiger partial charge in [0, 0.05) is 24.2 Å². The Labute approximate surface area is 116 Å². The molecule has 0 atom stereocenters. The minimum absolute atomic E-state index is 0.299. The van der Waals surface area contributed by atoms with Gasteiger partial charge in [-0.1, -0.05) is 12.1 Å². The number of carbonyl (C=O) groups is 1. The molecule has 0 spiro atoms. The van der Waals surface area contributed by atoms with Gasteiger partial charge in [-0.25, -0.2) is 4.98 Å². The van der Waals surface area contributed by atoms with Crippen LogP contribution < -0.4 is 0 Å². The summed E-state index contributed by atoms with van der Waals surface area (Å²) in [5, 5.41) is 0. The van der Waals surface area contributed by atoms with Crippen molar-refractivity contribution in [1.29, 1.82) is 0 Å². The molecule has 2 aromatic heterocycles. The quantitative estimate of drug-likeness (QED) is 0.266. The zero-order valence-corrected chi connectivity index (χ0v) is 11.2. The highest BCUT2D eigenvalue weighted by molar-refractivity contribution is 5.79. The van der Waals surface area contributed by atoms with E-state index in [4.69, 9.17) is 4.74 Å². The van der Waals surface area contributed by atoms with E-state index in [0.29, 0.717) is 17.9 Å². The molecule has 0 fully saturated rings. The number of carbonyl (C=O) groups excluding carboxylic acids is 1. The number of pyridine rings is 1. The van der Waals surface area contributed by atoms with Crippen LogP contribution in [0.4, 0.5) is 0 Å². The smallest absolute Gasteiger partial charge is 0.153 e. The summed E-state index contributed by atoms with van der Waals surface area (Å²) in [6.45, 7) is 5.44. The Morgan fingerprint density at radius 2 is 2.40 bits per heavy atom. The van der Waals surface area contributed by atoms with Gasteiger partial charge in [-0.05, 0) is 19.7 Å². The number of hydrogen-bond acceptors (Lipinski definition) is 4. The summed E-state index contributed by atoms with van der Waals surface area (Å²) in [4.78, 5) is 18.9. The maximum absolute atomic E-state index is 11.0. The van der Waals surface area contributed by atoms with Gasteiger partial charge >= 0.3 is 0 Å². The Balaban J connectivity index is 2.22. The van der Waals surface area contributed by atoms with E-state index in [9.17, 15) is 4.79 Å². The summed E-state index contributed by atoms with van der Waals surface area (Å²) in [5.41, 5.74) is 2.19. The van der Waals surface area contributed by atoms with E-state index in [0.717, 1.165) is 17.5 Å². The predicted octanol–water partition coefficient (Wildman–Crippen LogP) is 2.54.